The minimum absolute atomic E-state index is 0.391. The molecule has 126 valence electrons. The Balaban J connectivity index is 2.18. The van der Waals surface area contributed by atoms with Gasteiger partial charge < -0.3 is 20.1 Å². The van der Waals surface area contributed by atoms with E-state index in [4.69, 9.17) is 21.7 Å². The zero-order valence-electron chi connectivity index (χ0n) is 14.1. The average molecular weight is 344 g/mol. The van der Waals surface area contributed by atoms with Crippen LogP contribution in [0.1, 0.15) is 21.5 Å². The van der Waals surface area contributed by atoms with Crippen molar-refractivity contribution in [3.05, 3.63) is 53.1 Å². The molecule has 0 aliphatic rings. The lowest BCUT2D eigenvalue weighted by Crippen LogP contribution is -2.20. The standard InChI is InChI=1S/C18H20N2O3S/c1-11-5-8-16(22-3)15(9-11)20-18(24)19-14-10-13(17(21)23-4)7-6-12(14)2/h5-10H,1-4H3,(H2,19,20,24). The fraction of sp³-hybridized carbons (Fsp3) is 0.222. The Morgan fingerprint density at radius 3 is 2.38 bits per heavy atom. The van der Waals surface area contributed by atoms with E-state index in [0.29, 0.717) is 16.4 Å². The molecule has 2 aromatic rings. The van der Waals surface area contributed by atoms with E-state index < -0.39 is 5.97 Å². The van der Waals surface area contributed by atoms with Crippen molar-refractivity contribution in [1.29, 1.82) is 0 Å². The van der Waals surface area contributed by atoms with Crippen molar-refractivity contribution >= 4 is 34.7 Å². The first kappa shape index (κ1) is 17.7. The number of esters is 1. The van der Waals surface area contributed by atoms with Gasteiger partial charge in [-0.2, -0.15) is 0 Å². The smallest absolute Gasteiger partial charge is 0.337 e. The summed E-state index contributed by atoms with van der Waals surface area (Å²) in [6, 6.07) is 11.1. The number of benzene rings is 2. The molecule has 2 aromatic carbocycles. The molecular weight excluding hydrogens is 324 g/mol. The number of carbonyl (C=O) groups excluding carboxylic acids is 1. The van der Waals surface area contributed by atoms with E-state index in [2.05, 4.69) is 10.6 Å². The summed E-state index contributed by atoms with van der Waals surface area (Å²) in [5.74, 6) is 0.307. The van der Waals surface area contributed by atoms with Crippen LogP contribution in [-0.4, -0.2) is 25.3 Å². The second-order valence-corrected chi connectivity index (χ2v) is 5.71. The van der Waals surface area contributed by atoms with Crippen molar-refractivity contribution in [2.24, 2.45) is 0 Å². The van der Waals surface area contributed by atoms with Crippen molar-refractivity contribution < 1.29 is 14.3 Å². The predicted octanol–water partition coefficient (Wildman–Crippen LogP) is 3.91. The molecule has 0 unspecified atom stereocenters. The van der Waals surface area contributed by atoms with Crippen LogP contribution < -0.4 is 15.4 Å². The minimum Gasteiger partial charge on any atom is -0.495 e. The Morgan fingerprint density at radius 1 is 1.00 bits per heavy atom. The largest absolute Gasteiger partial charge is 0.495 e. The third-order valence-electron chi connectivity index (χ3n) is 3.51. The van der Waals surface area contributed by atoms with Gasteiger partial charge >= 0.3 is 5.97 Å². The van der Waals surface area contributed by atoms with Crippen molar-refractivity contribution in [1.82, 2.24) is 0 Å². The lowest BCUT2D eigenvalue weighted by Gasteiger charge is -2.15. The average Bonchev–Trinajstić information content (AvgIpc) is 2.56. The molecule has 6 heteroatoms. The van der Waals surface area contributed by atoms with E-state index in [1.54, 1.807) is 19.2 Å². The van der Waals surface area contributed by atoms with Crippen LogP contribution in [0.15, 0.2) is 36.4 Å². The highest BCUT2D eigenvalue weighted by molar-refractivity contribution is 7.80. The molecule has 0 aliphatic carbocycles. The maximum absolute atomic E-state index is 11.7. The molecule has 0 heterocycles. The van der Waals surface area contributed by atoms with Gasteiger partial charge in [-0.15, -0.1) is 0 Å². The first-order valence-electron chi connectivity index (χ1n) is 7.36. The third-order valence-corrected chi connectivity index (χ3v) is 3.71. The van der Waals surface area contributed by atoms with Gasteiger partial charge in [-0.25, -0.2) is 4.79 Å². The Morgan fingerprint density at radius 2 is 1.71 bits per heavy atom. The maximum Gasteiger partial charge on any atom is 0.337 e. The quantitative estimate of drug-likeness (QED) is 0.648. The van der Waals surface area contributed by atoms with E-state index in [-0.39, 0.29) is 0 Å². The zero-order valence-corrected chi connectivity index (χ0v) is 14.9. The van der Waals surface area contributed by atoms with Crippen molar-refractivity contribution in [2.45, 2.75) is 13.8 Å². The predicted molar refractivity (Wildman–Crippen MR) is 100 cm³/mol. The lowest BCUT2D eigenvalue weighted by molar-refractivity contribution is 0.0601. The molecule has 0 radical (unpaired) electrons. The first-order valence-corrected chi connectivity index (χ1v) is 7.77. The number of ether oxygens (including phenoxy) is 2. The van der Waals surface area contributed by atoms with Gasteiger partial charge in [-0.1, -0.05) is 12.1 Å². The summed E-state index contributed by atoms with van der Waals surface area (Å²) in [6.07, 6.45) is 0. The fourth-order valence-electron chi connectivity index (χ4n) is 2.20. The van der Waals surface area contributed by atoms with Crippen LogP contribution in [0.3, 0.4) is 0 Å². The van der Waals surface area contributed by atoms with Crippen LogP contribution in [0.2, 0.25) is 0 Å². The van der Waals surface area contributed by atoms with E-state index in [9.17, 15) is 4.79 Å². The van der Waals surface area contributed by atoms with Crippen LogP contribution in [0.25, 0.3) is 0 Å². The Labute approximate surface area is 147 Å². The van der Waals surface area contributed by atoms with Gasteiger partial charge in [0.15, 0.2) is 5.11 Å². The molecule has 0 spiro atoms. The molecule has 0 aromatic heterocycles. The van der Waals surface area contributed by atoms with Crippen LogP contribution in [0.5, 0.6) is 5.75 Å². The molecule has 0 amide bonds. The number of methoxy groups -OCH3 is 2. The molecule has 0 saturated heterocycles. The molecule has 0 saturated carbocycles. The van der Waals surface area contributed by atoms with Crippen molar-refractivity contribution in [2.75, 3.05) is 24.9 Å². The Bertz CT molecular complexity index is 775. The molecule has 5 nitrogen and oxygen atoms in total. The monoisotopic (exact) mass is 344 g/mol. The Kier molecular flexibility index (Phi) is 5.76. The summed E-state index contributed by atoms with van der Waals surface area (Å²) in [5.41, 5.74) is 4.02. The van der Waals surface area contributed by atoms with E-state index >= 15 is 0 Å². The summed E-state index contributed by atoms with van der Waals surface area (Å²) >= 11 is 5.37. The van der Waals surface area contributed by atoms with Crippen LogP contribution in [-0.2, 0) is 4.74 Å². The normalized spacial score (nSPS) is 10.0. The zero-order chi connectivity index (χ0) is 17.7. The van der Waals surface area contributed by atoms with Gasteiger partial charge in [0, 0.05) is 5.69 Å². The summed E-state index contributed by atoms with van der Waals surface area (Å²) in [4.78, 5) is 11.7. The molecule has 2 N–H and O–H groups in total. The number of carbonyl (C=O) groups is 1. The van der Waals surface area contributed by atoms with E-state index in [1.165, 1.54) is 7.11 Å². The molecule has 0 bridgehead atoms. The van der Waals surface area contributed by atoms with Gasteiger partial charge in [0.1, 0.15) is 5.75 Å². The first-order chi connectivity index (χ1) is 11.4. The van der Waals surface area contributed by atoms with Gasteiger partial charge in [0.2, 0.25) is 0 Å². The van der Waals surface area contributed by atoms with Gasteiger partial charge in [0.25, 0.3) is 0 Å². The van der Waals surface area contributed by atoms with Gasteiger partial charge in [0.05, 0.1) is 25.5 Å². The third kappa shape index (κ3) is 4.23. The highest BCUT2D eigenvalue weighted by atomic mass is 32.1. The molecule has 2 rings (SSSR count). The maximum atomic E-state index is 11.7. The molecule has 0 fully saturated rings. The number of hydrogen-bond donors (Lipinski definition) is 2. The summed E-state index contributed by atoms with van der Waals surface area (Å²) in [5, 5.41) is 6.63. The highest BCUT2D eigenvalue weighted by Crippen LogP contribution is 2.26. The second-order valence-electron chi connectivity index (χ2n) is 5.30. The Hall–Kier alpha value is -2.60. The minimum atomic E-state index is -0.391. The van der Waals surface area contributed by atoms with Crippen LogP contribution in [0, 0.1) is 13.8 Å². The van der Waals surface area contributed by atoms with Crippen molar-refractivity contribution in [3.63, 3.8) is 0 Å². The summed E-state index contributed by atoms with van der Waals surface area (Å²) < 4.78 is 10.1. The van der Waals surface area contributed by atoms with Gasteiger partial charge in [-0.05, 0) is 61.5 Å². The topological polar surface area (TPSA) is 59.6 Å². The fourth-order valence-corrected chi connectivity index (χ4v) is 2.42. The second kappa shape index (κ2) is 7.79. The molecule has 0 aliphatic heterocycles. The van der Waals surface area contributed by atoms with Crippen LogP contribution in [0.4, 0.5) is 11.4 Å². The number of aryl methyl sites for hydroxylation is 2. The molecule has 0 atom stereocenters. The number of nitrogens with one attached hydrogen (secondary N) is 2. The molecular formula is C18H20N2O3S. The van der Waals surface area contributed by atoms with Crippen LogP contribution >= 0.6 is 12.2 Å². The SMILES string of the molecule is COC(=O)c1ccc(C)c(NC(=S)Nc2cc(C)ccc2OC)c1. The summed E-state index contributed by atoms with van der Waals surface area (Å²) in [6.45, 7) is 3.92. The van der Waals surface area contributed by atoms with Gasteiger partial charge in [-0.3, -0.25) is 0 Å². The van der Waals surface area contributed by atoms with E-state index in [1.807, 2.05) is 38.1 Å². The number of hydrogen-bond acceptors (Lipinski definition) is 4. The highest BCUT2D eigenvalue weighted by Gasteiger charge is 2.10. The number of thiocarbonyl (C=S) groups is 1. The molecule has 24 heavy (non-hydrogen) atoms. The summed E-state index contributed by atoms with van der Waals surface area (Å²) in [7, 11) is 2.96. The number of rotatable bonds is 4. The van der Waals surface area contributed by atoms with Crippen molar-refractivity contribution in [3.8, 4) is 5.75 Å². The van der Waals surface area contributed by atoms with E-state index in [0.717, 1.165) is 22.5 Å². The number of anilines is 2. The lowest BCUT2D eigenvalue weighted by atomic mass is 10.1.